The summed E-state index contributed by atoms with van der Waals surface area (Å²) in [5.41, 5.74) is 0. The zero-order valence-electron chi connectivity index (χ0n) is 11.2. The molecule has 1 N–H and O–H groups in total. The number of halogens is 1. The lowest BCUT2D eigenvalue weighted by molar-refractivity contribution is 0.434. The van der Waals surface area contributed by atoms with Crippen molar-refractivity contribution in [1.29, 1.82) is 0 Å². The van der Waals surface area contributed by atoms with Crippen molar-refractivity contribution in [3.63, 3.8) is 0 Å². The molecule has 0 aromatic carbocycles. The summed E-state index contributed by atoms with van der Waals surface area (Å²) in [5, 5.41) is 14.3. The van der Waals surface area contributed by atoms with Crippen molar-refractivity contribution < 1.29 is 0 Å². The predicted molar refractivity (Wildman–Crippen MR) is 79.2 cm³/mol. The number of pyridine rings is 1. The number of hydrogen-bond acceptors (Lipinski definition) is 5. The van der Waals surface area contributed by atoms with E-state index in [-0.39, 0.29) is 0 Å². The van der Waals surface area contributed by atoms with Crippen LogP contribution in [-0.4, -0.2) is 32.8 Å². The molecule has 0 spiro atoms. The highest BCUT2D eigenvalue weighted by Crippen LogP contribution is 2.32. The summed E-state index contributed by atoms with van der Waals surface area (Å²) in [6.07, 6.45) is 3.96. The third kappa shape index (κ3) is 2.82. The minimum absolute atomic E-state index is 0.488. The number of rotatable bonds is 3. The zero-order chi connectivity index (χ0) is 13.9. The minimum Gasteiger partial charge on any atom is -0.317 e. The lowest BCUT2D eigenvalue weighted by Crippen LogP contribution is -2.27. The molecule has 1 saturated heterocycles. The van der Waals surface area contributed by atoms with E-state index in [0.29, 0.717) is 10.9 Å². The van der Waals surface area contributed by atoms with Gasteiger partial charge in [-0.3, -0.25) is 0 Å². The molecule has 0 amide bonds. The first-order valence-corrected chi connectivity index (χ1v) is 7.83. The van der Waals surface area contributed by atoms with Crippen molar-refractivity contribution in [3.05, 3.63) is 29.2 Å². The van der Waals surface area contributed by atoms with Crippen LogP contribution in [0.3, 0.4) is 0 Å². The molecule has 0 atom stereocenters. The molecule has 0 unspecified atom stereocenters. The van der Waals surface area contributed by atoms with E-state index in [9.17, 15) is 0 Å². The Morgan fingerprint density at radius 3 is 2.90 bits per heavy atom. The molecule has 20 heavy (non-hydrogen) atoms. The Kier molecular flexibility index (Phi) is 4.24. The smallest absolute Gasteiger partial charge is 0.197 e. The van der Waals surface area contributed by atoms with Crippen LogP contribution in [-0.2, 0) is 7.05 Å². The van der Waals surface area contributed by atoms with Crippen molar-refractivity contribution in [2.24, 2.45) is 7.05 Å². The van der Waals surface area contributed by atoms with Gasteiger partial charge in [0.05, 0.1) is 5.02 Å². The second kappa shape index (κ2) is 6.11. The molecule has 0 bridgehead atoms. The van der Waals surface area contributed by atoms with Crippen molar-refractivity contribution in [2.75, 3.05) is 13.1 Å². The Morgan fingerprint density at radius 1 is 1.35 bits per heavy atom. The monoisotopic (exact) mass is 309 g/mol. The fraction of sp³-hybridized carbons (Fsp3) is 0.462. The Bertz CT molecular complexity index is 594. The van der Waals surface area contributed by atoms with E-state index in [0.717, 1.165) is 41.9 Å². The van der Waals surface area contributed by atoms with Crippen LogP contribution in [0.15, 0.2) is 28.5 Å². The number of nitrogens with one attached hydrogen (secondary N) is 1. The molecule has 0 aliphatic carbocycles. The van der Waals surface area contributed by atoms with Crippen LogP contribution in [0.2, 0.25) is 5.02 Å². The fourth-order valence-electron chi connectivity index (χ4n) is 2.38. The van der Waals surface area contributed by atoms with Crippen LogP contribution >= 0.6 is 23.4 Å². The van der Waals surface area contributed by atoms with E-state index < -0.39 is 0 Å². The van der Waals surface area contributed by atoms with Crippen LogP contribution in [0.25, 0.3) is 0 Å². The van der Waals surface area contributed by atoms with E-state index in [4.69, 9.17) is 11.6 Å². The molecule has 1 fully saturated rings. The van der Waals surface area contributed by atoms with Crippen molar-refractivity contribution in [3.8, 4) is 0 Å². The summed E-state index contributed by atoms with van der Waals surface area (Å²) in [6, 6.07) is 3.66. The van der Waals surface area contributed by atoms with E-state index in [1.54, 1.807) is 6.20 Å². The minimum atomic E-state index is 0.488. The lowest BCUT2D eigenvalue weighted by Gasteiger charge is -2.21. The van der Waals surface area contributed by atoms with Gasteiger partial charge in [0, 0.05) is 19.2 Å². The first kappa shape index (κ1) is 13.9. The third-order valence-corrected chi connectivity index (χ3v) is 4.96. The van der Waals surface area contributed by atoms with Gasteiger partial charge in [-0.2, -0.15) is 0 Å². The van der Waals surface area contributed by atoms with E-state index >= 15 is 0 Å². The molecule has 2 aromatic rings. The molecule has 7 heteroatoms. The van der Waals surface area contributed by atoms with Crippen LogP contribution in [0.4, 0.5) is 0 Å². The second-order valence-electron chi connectivity index (χ2n) is 4.82. The Balaban J connectivity index is 1.81. The fourth-order valence-corrected chi connectivity index (χ4v) is 3.38. The standard InChI is InChI=1S/C13H16ClN5S/c1-19-11(9-4-7-15-8-5-9)17-18-13(19)20-12-10(14)3-2-6-16-12/h2-3,6,9,15H,4-5,7-8H2,1H3. The Hall–Kier alpha value is -1.11. The quantitative estimate of drug-likeness (QED) is 0.944. The van der Waals surface area contributed by atoms with Crippen molar-refractivity contribution in [2.45, 2.75) is 28.9 Å². The lowest BCUT2D eigenvalue weighted by atomic mass is 9.97. The zero-order valence-corrected chi connectivity index (χ0v) is 12.8. The molecule has 1 aliphatic heterocycles. The highest BCUT2D eigenvalue weighted by Gasteiger charge is 2.22. The number of nitrogens with zero attached hydrogens (tertiary/aromatic N) is 4. The largest absolute Gasteiger partial charge is 0.317 e. The third-order valence-electron chi connectivity index (χ3n) is 3.49. The van der Waals surface area contributed by atoms with Crippen molar-refractivity contribution >= 4 is 23.4 Å². The number of hydrogen-bond donors (Lipinski definition) is 1. The molecule has 0 saturated carbocycles. The highest BCUT2D eigenvalue weighted by molar-refractivity contribution is 7.99. The Labute approximate surface area is 127 Å². The van der Waals surface area contributed by atoms with E-state index in [1.807, 2.05) is 19.2 Å². The predicted octanol–water partition coefficient (Wildman–Crippen LogP) is 2.48. The van der Waals surface area contributed by atoms with Gasteiger partial charge in [0.25, 0.3) is 0 Å². The summed E-state index contributed by atoms with van der Waals surface area (Å²) in [6.45, 7) is 2.10. The van der Waals surface area contributed by atoms with Gasteiger partial charge >= 0.3 is 0 Å². The van der Waals surface area contributed by atoms with Gasteiger partial charge in [0.1, 0.15) is 10.9 Å². The van der Waals surface area contributed by atoms with Gasteiger partial charge in [0.2, 0.25) is 0 Å². The molecule has 106 valence electrons. The summed E-state index contributed by atoms with van der Waals surface area (Å²) < 4.78 is 2.06. The molecule has 0 radical (unpaired) electrons. The summed E-state index contributed by atoms with van der Waals surface area (Å²) in [7, 11) is 2.01. The van der Waals surface area contributed by atoms with E-state index in [1.165, 1.54) is 11.8 Å². The molecule has 3 rings (SSSR count). The maximum atomic E-state index is 6.13. The highest BCUT2D eigenvalue weighted by atomic mass is 35.5. The van der Waals surface area contributed by atoms with Gasteiger partial charge in [-0.25, -0.2) is 4.98 Å². The molecule has 5 nitrogen and oxygen atoms in total. The SMILES string of the molecule is Cn1c(Sc2ncccc2Cl)nnc1C1CCNCC1. The van der Waals surface area contributed by atoms with Gasteiger partial charge in [-0.05, 0) is 49.8 Å². The topological polar surface area (TPSA) is 55.6 Å². The molecule has 2 aromatic heterocycles. The molecular weight excluding hydrogens is 294 g/mol. The number of aromatic nitrogens is 4. The second-order valence-corrected chi connectivity index (χ2v) is 6.18. The van der Waals surface area contributed by atoms with Crippen LogP contribution < -0.4 is 5.32 Å². The first-order chi connectivity index (χ1) is 9.75. The average Bonchev–Trinajstić information content (AvgIpc) is 2.84. The van der Waals surface area contributed by atoms with Crippen molar-refractivity contribution in [1.82, 2.24) is 25.1 Å². The summed E-state index contributed by atoms with van der Waals surface area (Å²) >= 11 is 7.59. The molecular formula is C13H16ClN5S. The molecule has 1 aliphatic rings. The number of piperidine rings is 1. The normalized spacial score (nSPS) is 16.5. The maximum Gasteiger partial charge on any atom is 0.197 e. The molecule has 3 heterocycles. The van der Waals surface area contributed by atoms with E-state index in [2.05, 4.69) is 25.1 Å². The summed E-state index contributed by atoms with van der Waals surface area (Å²) in [5.74, 6) is 1.54. The van der Waals surface area contributed by atoms with Crippen LogP contribution in [0.1, 0.15) is 24.6 Å². The van der Waals surface area contributed by atoms with Crippen LogP contribution in [0, 0.1) is 0 Å². The summed E-state index contributed by atoms with van der Waals surface area (Å²) in [4.78, 5) is 4.28. The van der Waals surface area contributed by atoms with Gasteiger partial charge in [-0.15, -0.1) is 10.2 Å². The van der Waals surface area contributed by atoms with Gasteiger partial charge < -0.3 is 9.88 Å². The van der Waals surface area contributed by atoms with Crippen LogP contribution in [0.5, 0.6) is 0 Å². The average molecular weight is 310 g/mol. The van der Waals surface area contributed by atoms with Gasteiger partial charge in [0.15, 0.2) is 5.16 Å². The first-order valence-electron chi connectivity index (χ1n) is 6.64. The Morgan fingerprint density at radius 2 is 2.15 bits per heavy atom. The van der Waals surface area contributed by atoms with Gasteiger partial charge in [-0.1, -0.05) is 11.6 Å². The maximum absolute atomic E-state index is 6.13.